The van der Waals surface area contributed by atoms with Crippen LogP contribution in [0.15, 0.2) is 48.8 Å². The summed E-state index contributed by atoms with van der Waals surface area (Å²) in [7, 11) is 0. The molecule has 0 radical (unpaired) electrons. The fraction of sp³-hybridized carbons (Fsp3) is 0. The second kappa shape index (κ2) is 3.38. The van der Waals surface area contributed by atoms with Crippen LogP contribution in [0.2, 0.25) is 0 Å². The number of hydrogen-bond acceptors (Lipinski definition) is 3. The van der Waals surface area contributed by atoms with E-state index in [0.29, 0.717) is 16.8 Å². The summed E-state index contributed by atoms with van der Waals surface area (Å²) in [6.45, 7) is 0. The Bertz CT molecular complexity index is 861. The second-order valence-corrected chi connectivity index (χ2v) is 4.46. The van der Waals surface area contributed by atoms with Crippen LogP contribution in [0, 0.1) is 0 Å². The summed E-state index contributed by atoms with van der Waals surface area (Å²) in [5, 5.41) is 0. The molecule has 1 aliphatic carbocycles. The Morgan fingerprint density at radius 1 is 0.947 bits per heavy atom. The highest BCUT2D eigenvalue weighted by molar-refractivity contribution is 6.27. The van der Waals surface area contributed by atoms with Crippen LogP contribution in [-0.2, 0) is 0 Å². The van der Waals surface area contributed by atoms with Gasteiger partial charge in [-0.3, -0.25) is 14.6 Å². The van der Waals surface area contributed by atoms with Gasteiger partial charge in [-0.2, -0.15) is 0 Å². The van der Waals surface area contributed by atoms with Crippen LogP contribution in [0.25, 0.3) is 5.52 Å². The van der Waals surface area contributed by atoms with Crippen LogP contribution in [0.5, 0.6) is 0 Å². The topological polar surface area (TPSA) is 51.4 Å². The normalized spacial score (nSPS) is 13.5. The molecule has 0 saturated carbocycles. The van der Waals surface area contributed by atoms with Crippen LogP contribution >= 0.6 is 0 Å². The molecule has 0 fully saturated rings. The third-order valence-electron chi connectivity index (χ3n) is 3.41. The molecule has 0 bridgehead atoms. The minimum Gasteiger partial charge on any atom is -0.313 e. The Labute approximate surface area is 108 Å². The maximum atomic E-state index is 12.5. The number of fused-ring (bicyclic) bond motifs is 4. The van der Waals surface area contributed by atoms with E-state index in [1.54, 1.807) is 28.8 Å². The van der Waals surface area contributed by atoms with Crippen molar-refractivity contribution in [1.82, 2.24) is 9.38 Å². The zero-order chi connectivity index (χ0) is 13.0. The number of pyridine rings is 2. The molecule has 4 rings (SSSR count). The number of ketones is 2. The van der Waals surface area contributed by atoms with Gasteiger partial charge in [0.25, 0.3) is 0 Å². The van der Waals surface area contributed by atoms with E-state index < -0.39 is 0 Å². The van der Waals surface area contributed by atoms with Gasteiger partial charge in [-0.15, -0.1) is 0 Å². The average molecular weight is 248 g/mol. The molecular formula is C15H8N2O2. The smallest absolute Gasteiger partial charge is 0.229 e. The lowest BCUT2D eigenvalue weighted by Crippen LogP contribution is -2.22. The quantitative estimate of drug-likeness (QED) is 0.479. The molecule has 0 spiro atoms. The lowest BCUT2D eigenvalue weighted by Gasteiger charge is -2.13. The molecule has 0 aromatic carbocycles. The van der Waals surface area contributed by atoms with E-state index in [1.807, 2.05) is 18.2 Å². The monoisotopic (exact) mass is 248 g/mol. The van der Waals surface area contributed by atoms with Gasteiger partial charge < -0.3 is 4.40 Å². The summed E-state index contributed by atoms with van der Waals surface area (Å²) in [5.41, 5.74) is 2.32. The maximum Gasteiger partial charge on any atom is 0.229 e. The van der Waals surface area contributed by atoms with Gasteiger partial charge in [-0.25, -0.2) is 0 Å². The highest BCUT2D eigenvalue weighted by atomic mass is 16.1. The lowest BCUT2D eigenvalue weighted by atomic mass is 9.92. The zero-order valence-corrected chi connectivity index (χ0v) is 9.83. The van der Waals surface area contributed by atoms with Crippen molar-refractivity contribution in [2.45, 2.75) is 0 Å². The summed E-state index contributed by atoms with van der Waals surface area (Å²) < 4.78 is 1.74. The first kappa shape index (κ1) is 10.2. The van der Waals surface area contributed by atoms with Crippen molar-refractivity contribution in [3.8, 4) is 0 Å². The molecule has 4 heteroatoms. The molecule has 0 atom stereocenters. The Morgan fingerprint density at radius 2 is 1.84 bits per heavy atom. The van der Waals surface area contributed by atoms with Crippen LogP contribution < -0.4 is 0 Å². The van der Waals surface area contributed by atoms with E-state index in [0.717, 1.165) is 5.52 Å². The highest BCUT2D eigenvalue weighted by Crippen LogP contribution is 2.28. The van der Waals surface area contributed by atoms with Crippen LogP contribution in [0.1, 0.15) is 32.1 Å². The lowest BCUT2D eigenvalue weighted by molar-refractivity contribution is 0.0972. The standard InChI is InChI=1S/C15H8N2O2/c18-14-10-5-3-6-16-12(10)15(19)13-11(14)8-9-4-1-2-7-17(9)13/h1-8H. The van der Waals surface area contributed by atoms with E-state index >= 15 is 0 Å². The largest absolute Gasteiger partial charge is 0.313 e. The van der Waals surface area contributed by atoms with Gasteiger partial charge in [0.2, 0.25) is 5.78 Å². The van der Waals surface area contributed by atoms with Crippen molar-refractivity contribution < 1.29 is 9.59 Å². The Balaban J connectivity index is 2.14. The van der Waals surface area contributed by atoms with Gasteiger partial charge in [0.1, 0.15) is 11.4 Å². The van der Waals surface area contributed by atoms with Crippen molar-refractivity contribution in [3.63, 3.8) is 0 Å². The van der Waals surface area contributed by atoms with Crippen molar-refractivity contribution in [3.05, 3.63) is 71.3 Å². The molecule has 0 unspecified atom stereocenters. The van der Waals surface area contributed by atoms with Crippen molar-refractivity contribution in [1.29, 1.82) is 0 Å². The van der Waals surface area contributed by atoms with E-state index in [4.69, 9.17) is 0 Å². The fourth-order valence-corrected chi connectivity index (χ4v) is 2.56. The second-order valence-electron chi connectivity index (χ2n) is 4.46. The highest BCUT2D eigenvalue weighted by Gasteiger charge is 2.33. The maximum absolute atomic E-state index is 12.5. The van der Waals surface area contributed by atoms with E-state index in [1.165, 1.54) is 6.20 Å². The first-order valence-electron chi connectivity index (χ1n) is 5.92. The summed E-state index contributed by atoms with van der Waals surface area (Å²) in [6.07, 6.45) is 3.32. The molecule has 0 N–H and O–H groups in total. The summed E-state index contributed by atoms with van der Waals surface area (Å²) in [6, 6.07) is 10.7. The molecule has 4 nitrogen and oxygen atoms in total. The molecule has 3 heterocycles. The molecular weight excluding hydrogens is 240 g/mol. The number of carbonyl (C=O) groups excluding carboxylic acids is 2. The predicted octanol–water partition coefficient (Wildman–Crippen LogP) is 2.11. The van der Waals surface area contributed by atoms with Crippen LogP contribution in [0.3, 0.4) is 0 Å². The van der Waals surface area contributed by atoms with Crippen molar-refractivity contribution in [2.24, 2.45) is 0 Å². The van der Waals surface area contributed by atoms with Crippen LogP contribution in [0.4, 0.5) is 0 Å². The Morgan fingerprint density at radius 3 is 2.74 bits per heavy atom. The van der Waals surface area contributed by atoms with E-state index in [2.05, 4.69) is 4.98 Å². The summed E-state index contributed by atoms with van der Waals surface area (Å²) in [5.74, 6) is -0.335. The minimum atomic E-state index is -0.198. The van der Waals surface area contributed by atoms with Gasteiger partial charge in [-0.05, 0) is 30.3 Å². The molecule has 0 saturated heterocycles. The third-order valence-corrected chi connectivity index (χ3v) is 3.41. The third kappa shape index (κ3) is 1.20. The summed E-state index contributed by atoms with van der Waals surface area (Å²) >= 11 is 0. The summed E-state index contributed by atoms with van der Waals surface area (Å²) in [4.78, 5) is 29.0. The number of aromatic nitrogens is 2. The Hall–Kier alpha value is -2.75. The van der Waals surface area contributed by atoms with Gasteiger partial charge >= 0.3 is 0 Å². The molecule has 0 amide bonds. The van der Waals surface area contributed by atoms with Crippen molar-refractivity contribution in [2.75, 3.05) is 0 Å². The van der Waals surface area contributed by atoms with Gasteiger partial charge in [0.15, 0.2) is 5.78 Å². The van der Waals surface area contributed by atoms with Gasteiger partial charge in [-0.1, -0.05) is 6.07 Å². The molecule has 3 aromatic heterocycles. The van der Waals surface area contributed by atoms with E-state index in [-0.39, 0.29) is 17.3 Å². The molecule has 3 aromatic rings. The van der Waals surface area contributed by atoms with Gasteiger partial charge in [0, 0.05) is 17.9 Å². The number of nitrogens with zero attached hydrogens (tertiary/aromatic N) is 2. The molecule has 19 heavy (non-hydrogen) atoms. The predicted molar refractivity (Wildman–Crippen MR) is 68.5 cm³/mol. The number of carbonyl (C=O) groups is 2. The zero-order valence-electron chi connectivity index (χ0n) is 9.83. The average Bonchev–Trinajstić information content (AvgIpc) is 2.84. The minimum absolute atomic E-state index is 0.138. The first-order valence-corrected chi connectivity index (χ1v) is 5.92. The number of rotatable bonds is 0. The van der Waals surface area contributed by atoms with Crippen molar-refractivity contribution >= 4 is 17.1 Å². The van der Waals surface area contributed by atoms with E-state index in [9.17, 15) is 9.59 Å². The SMILES string of the molecule is O=C1c2cccnc2C(=O)c2c1cc1ccccn21. The number of hydrogen-bond donors (Lipinski definition) is 0. The first-order chi connectivity index (χ1) is 9.27. The molecule has 90 valence electrons. The molecule has 0 aliphatic heterocycles. The van der Waals surface area contributed by atoms with Crippen LogP contribution in [-0.4, -0.2) is 21.0 Å². The fourth-order valence-electron chi connectivity index (χ4n) is 2.56. The molecule has 1 aliphatic rings. The Kier molecular flexibility index (Phi) is 1.82. The van der Waals surface area contributed by atoms with Gasteiger partial charge in [0.05, 0.1) is 11.1 Å².